The highest BCUT2D eigenvalue weighted by atomic mass is 79.9. The van der Waals surface area contributed by atoms with Gasteiger partial charge < -0.3 is 10.4 Å². The van der Waals surface area contributed by atoms with Crippen molar-refractivity contribution in [2.45, 2.75) is 31.8 Å². The largest absolute Gasteiger partial charge is 0.480 e. The first kappa shape index (κ1) is 16.0. The Bertz CT molecular complexity index is 514. The molecule has 0 heterocycles. The fourth-order valence-electron chi connectivity index (χ4n) is 2.22. The number of benzene rings is 1. The van der Waals surface area contributed by atoms with Crippen molar-refractivity contribution in [2.24, 2.45) is 5.92 Å². The number of carbonyl (C=O) groups excluding carboxylic acids is 1. The number of hydrogen-bond acceptors (Lipinski definition) is 3. The second kappa shape index (κ2) is 7.04. The summed E-state index contributed by atoms with van der Waals surface area (Å²) < 4.78 is 0.986. The van der Waals surface area contributed by atoms with Gasteiger partial charge in [0, 0.05) is 4.47 Å². The Balaban J connectivity index is 1.80. The first-order valence-electron chi connectivity index (χ1n) is 6.98. The van der Waals surface area contributed by atoms with Crippen molar-refractivity contribution in [1.29, 1.82) is 0 Å². The third-order valence-corrected chi connectivity index (χ3v) is 4.12. The quantitative estimate of drug-likeness (QED) is 0.700. The monoisotopic (exact) mass is 354 g/mol. The molecule has 1 aromatic carbocycles. The van der Waals surface area contributed by atoms with Crippen LogP contribution in [0.15, 0.2) is 28.7 Å². The van der Waals surface area contributed by atoms with Crippen molar-refractivity contribution in [1.82, 2.24) is 10.6 Å². The molecule has 1 aliphatic carbocycles. The molecule has 1 fully saturated rings. The average Bonchev–Trinajstić information content (AvgIpc) is 3.23. The summed E-state index contributed by atoms with van der Waals surface area (Å²) in [4.78, 5) is 23.0. The summed E-state index contributed by atoms with van der Waals surface area (Å²) in [6.45, 7) is 1.92. The maximum Gasteiger partial charge on any atom is 0.320 e. The summed E-state index contributed by atoms with van der Waals surface area (Å²) >= 11 is 3.37. The molecular formula is C15H19BrN2O3. The van der Waals surface area contributed by atoms with E-state index in [9.17, 15) is 9.59 Å². The predicted octanol–water partition coefficient (Wildman–Crippen LogP) is 2.08. The lowest BCUT2D eigenvalue weighted by Crippen LogP contribution is -2.44. The molecule has 1 aliphatic rings. The van der Waals surface area contributed by atoms with E-state index in [0.717, 1.165) is 22.9 Å². The Hall–Kier alpha value is -1.40. The van der Waals surface area contributed by atoms with E-state index in [1.807, 2.05) is 31.2 Å². The van der Waals surface area contributed by atoms with Crippen molar-refractivity contribution < 1.29 is 14.7 Å². The van der Waals surface area contributed by atoms with Crippen LogP contribution < -0.4 is 10.6 Å². The van der Waals surface area contributed by atoms with Gasteiger partial charge in [-0.15, -0.1) is 0 Å². The first-order valence-corrected chi connectivity index (χ1v) is 7.77. The lowest BCUT2D eigenvalue weighted by molar-refractivity contribution is -0.140. The van der Waals surface area contributed by atoms with Crippen molar-refractivity contribution in [3.8, 4) is 0 Å². The second-order valence-corrected chi connectivity index (χ2v) is 6.29. The number of amides is 1. The van der Waals surface area contributed by atoms with E-state index in [2.05, 4.69) is 26.6 Å². The summed E-state index contributed by atoms with van der Waals surface area (Å²) in [7, 11) is 0. The zero-order chi connectivity index (χ0) is 15.4. The van der Waals surface area contributed by atoms with Gasteiger partial charge >= 0.3 is 5.97 Å². The highest BCUT2D eigenvalue weighted by Gasteiger charge is 2.36. The molecule has 21 heavy (non-hydrogen) atoms. The standard InChI is InChI=1S/C15H19BrN2O3/c1-9(10-4-6-12(16)7-5-10)18-13(19)8-17-14(15(20)21)11-2-3-11/h4-7,9,11,14,17H,2-3,8H2,1H3,(H,18,19)(H,20,21). The fourth-order valence-corrected chi connectivity index (χ4v) is 2.48. The van der Waals surface area contributed by atoms with Gasteiger partial charge in [0.25, 0.3) is 0 Å². The summed E-state index contributed by atoms with van der Waals surface area (Å²) in [5.74, 6) is -0.914. The number of nitrogens with one attached hydrogen (secondary N) is 2. The summed E-state index contributed by atoms with van der Waals surface area (Å²) in [5, 5.41) is 14.8. The SMILES string of the molecule is CC(NC(=O)CNC(C(=O)O)C1CC1)c1ccc(Br)cc1. The minimum atomic E-state index is -0.883. The lowest BCUT2D eigenvalue weighted by atomic mass is 10.1. The Morgan fingerprint density at radius 3 is 2.48 bits per heavy atom. The summed E-state index contributed by atoms with van der Waals surface area (Å²) in [5.41, 5.74) is 1.00. The molecule has 2 atom stereocenters. The van der Waals surface area contributed by atoms with Gasteiger partial charge in [-0.1, -0.05) is 28.1 Å². The number of aliphatic carboxylic acids is 1. The molecule has 0 spiro atoms. The Kier molecular flexibility index (Phi) is 5.36. The minimum Gasteiger partial charge on any atom is -0.480 e. The molecule has 3 N–H and O–H groups in total. The number of halogens is 1. The van der Waals surface area contributed by atoms with Crippen LogP contribution in [0.25, 0.3) is 0 Å². The molecule has 0 aliphatic heterocycles. The number of carbonyl (C=O) groups is 2. The third kappa shape index (κ3) is 4.82. The Morgan fingerprint density at radius 2 is 1.95 bits per heavy atom. The number of carboxylic acid groups (broad SMARTS) is 1. The van der Waals surface area contributed by atoms with E-state index >= 15 is 0 Å². The molecule has 0 aromatic heterocycles. The number of hydrogen-bond donors (Lipinski definition) is 3. The van der Waals surface area contributed by atoms with Gasteiger partial charge in [0.15, 0.2) is 0 Å². The molecule has 0 radical (unpaired) electrons. The van der Waals surface area contributed by atoms with Gasteiger partial charge in [-0.25, -0.2) is 0 Å². The molecule has 1 amide bonds. The van der Waals surface area contributed by atoms with E-state index in [4.69, 9.17) is 5.11 Å². The topological polar surface area (TPSA) is 78.4 Å². The lowest BCUT2D eigenvalue weighted by Gasteiger charge is -2.17. The summed E-state index contributed by atoms with van der Waals surface area (Å²) in [6, 6.07) is 6.99. The van der Waals surface area contributed by atoms with Crippen molar-refractivity contribution in [2.75, 3.05) is 6.54 Å². The van der Waals surface area contributed by atoms with Crippen LogP contribution in [0, 0.1) is 5.92 Å². The van der Waals surface area contributed by atoms with E-state index in [-0.39, 0.29) is 24.4 Å². The van der Waals surface area contributed by atoms with E-state index in [0.29, 0.717) is 0 Å². The highest BCUT2D eigenvalue weighted by Crippen LogP contribution is 2.32. The normalized spacial score (nSPS) is 17.0. The van der Waals surface area contributed by atoms with Gasteiger partial charge in [0.2, 0.25) is 5.91 Å². The molecular weight excluding hydrogens is 336 g/mol. The molecule has 1 aromatic rings. The number of carboxylic acids is 1. The van der Waals surface area contributed by atoms with Crippen molar-refractivity contribution in [3.63, 3.8) is 0 Å². The minimum absolute atomic E-state index is 0.0222. The highest BCUT2D eigenvalue weighted by molar-refractivity contribution is 9.10. The molecule has 5 nitrogen and oxygen atoms in total. The van der Waals surface area contributed by atoms with Gasteiger partial charge in [-0.2, -0.15) is 0 Å². The molecule has 114 valence electrons. The molecule has 2 rings (SSSR count). The second-order valence-electron chi connectivity index (χ2n) is 5.37. The van der Waals surface area contributed by atoms with Crippen LogP contribution in [0.5, 0.6) is 0 Å². The molecule has 0 bridgehead atoms. The first-order chi connectivity index (χ1) is 9.97. The van der Waals surface area contributed by atoms with Gasteiger partial charge in [0.05, 0.1) is 12.6 Å². The zero-order valence-corrected chi connectivity index (χ0v) is 13.4. The number of rotatable bonds is 7. The third-order valence-electron chi connectivity index (χ3n) is 3.59. The van der Waals surface area contributed by atoms with Crippen LogP contribution in [0.3, 0.4) is 0 Å². The van der Waals surface area contributed by atoms with Crippen LogP contribution in [0.4, 0.5) is 0 Å². The van der Waals surface area contributed by atoms with E-state index in [1.165, 1.54) is 0 Å². The van der Waals surface area contributed by atoms with Crippen LogP contribution >= 0.6 is 15.9 Å². The molecule has 2 unspecified atom stereocenters. The van der Waals surface area contributed by atoms with Crippen molar-refractivity contribution in [3.05, 3.63) is 34.3 Å². The average molecular weight is 355 g/mol. The van der Waals surface area contributed by atoms with Gasteiger partial charge in [0.1, 0.15) is 6.04 Å². The van der Waals surface area contributed by atoms with Gasteiger partial charge in [-0.3, -0.25) is 14.9 Å². The fraction of sp³-hybridized carbons (Fsp3) is 0.467. The molecule has 1 saturated carbocycles. The van der Waals surface area contributed by atoms with Crippen LogP contribution in [0.2, 0.25) is 0 Å². The van der Waals surface area contributed by atoms with E-state index in [1.54, 1.807) is 0 Å². The molecule has 0 saturated heterocycles. The van der Waals surface area contributed by atoms with Crippen LogP contribution in [-0.2, 0) is 9.59 Å². The van der Waals surface area contributed by atoms with Gasteiger partial charge in [-0.05, 0) is 43.4 Å². The summed E-state index contributed by atoms with van der Waals surface area (Å²) in [6.07, 6.45) is 1.84. The molecule has 6 heteroatoms. The smallest absolute Gasteiger partial charge is 0.320 e. The predicted molar refractivity (Wildman–Crippen MR) is 82.9 cm³/mol. The zero-order valence-electron chi connectivity index (χ0n) is 11.8. The van der Waals surface area contributed by atoms with Crippen LogP contribution in [-0.4, -0.2) is 29.6 Å². The van der Waals surface area contributed by atoms with Crippen LogP contribution in [0.1, 0.15) is 31.4 Å². The van der Waals surface area contributed by atoms with E-state index < -0.39 is 12.0 Å². The van der Waals surface area contributed by atoms with Crippen molar-refractivity contribution >= 4 is 27.8 Å². The Labute approximate surface area is 132 Å². The Morgan fingerprint density at radius 1 is 1.33 bits per heavy atom. The maximum absolute atomic E-state index is 11.9. The maximum atomic E-state index is 11.9.